The second kappa shape index (κ2) is 6.99. The molecule has 2 fully saturated rings. The number of likely N-dealkylation sites (N-methyl/N-ethyl adjacent to an activating group) is 1. The summed E-state index contributed by atoms with van der Waals surface area (Å²) in [7, 11) is 2.18. The molecule has 0 spiro atoms. The Morgan fingerprint density at radius 3 is 2.76 bits per heavy atom. The molecule has 0 aromatic heterocycles. The molecular weight excluding hydrogens is 282 g/mol. The average Bonchev–Trinajstić information content (AvgIpc) is 3.17. The van der Waals surface area contributed by atoms with Gasteiger partial charge in [0.2, 0.25) is 0 Å². The van der Waals surface area contributed by atoms with E-state index in [2.05, 4.69) is 34.3 Å². The van der Waals surface area contributed by atoms with Gasteiger partial charge in [-0.3, -0.25) is 0 Å². The minimum absolute atomic E-state index is 0.739. The molecule has 0 bridgehead atoms. The van der Waals surface area contributed by atoms with Crippen LogP contribution in [0.25, 0.3) is 0 Å². The summed E-state index contributed by atoms with van der Waals surface area (Å²) in [6.07, 6.45) is 5.37. The Balaban J connectivity index is 1.61. The lowest BCUT2D eigenvalue weighted by Crippen LogP contribution is -2.32. The van der Waals surface area contributed by atoms with Crippen LogP contribution in [0.1, 0.15) is 31.2 Å². The lowest BCUT2D eigenvalue weighted by Gasteiger charge is -2.25. The van der Waals surface area contributed by atoms with E-state index in [4.69, 9.17) is 11.6 Å². The Hall–Kier alpha value is -0.770. The second-order valence-electron chi connectivity index (χ2n) is 6.40. The van der Waals surface area contributed by atoms with Gasteiger partial charge in [-0.25, -0.2) is 0 Å². The maximum atomic E-state index is 6.21. The minimum Gasteiger partial charge on any atom is -0.373 e. The maximum Gasteiger partial charge on any atom is 0.0426 e. The summed E-state index contributed by atoms with van der Waals surface area (Å²) < 4.78 is 0. The van der Waals surface area contributed by atoms with E-state index in [1.54, 1.807) is 0 Å². The molecular formula is C17H26ClN3. The lowest BCUT2D eigenvalue weighted by molar-refractivity contribution is 0.346. The molecule has 4 heteroatoms. The molecule has 1 aliphatic carbocycles. The van der Waals surface area contributed by atoms with Crippen molar-refractivity contribution in [1.29, 1.82) is 0 Å². The third-order valence-corrected chi connectivity index (χ3v) is 4.80. The highest BCUT2D eigenvalue weighted by Gasteiger charge is 2.21. The van der Waals surface area contributed by atoms with Gasteiger partial charge in [-0.1, -0.05) is 17.7 Å². The summed E-state index contributed by atoms with van der Waals surface area (Å²) in [5.41, 5.74) is 2.63. The van der Waals surface area contributed by atoms with Crippen LogP contribution in [0, 0.1) is 0 Å². The molecule has 1 N–H and O–H groups in total. The molecule has 0 atom stereocenters. The van der Waals surface area contributed by atoms with Crippen molar-refractivity contribution >= 4 is 17.3 Å². The molecule has 0 radical (unpaired) electrons. The van der Waals surface area contributed by atoms with Gasteiger partial charge in [-0.15, -0.1) is 0 Å². The fraction of sp³-hybridized carbons (Fsp3) is 0.647. The standard InChI is InChI=1S/C17H26ClN3/c1-20(10-11-21-8-2-3-9-21)17-12-15(18)5-4-14(17)13-19-16-6-7-16/h4-5,12,16,19H,2-3,6-11,13H2,1H3. The molecule has 3 rings (SSSR count). The Labute approximate surface area is 133 Å². The SMILES string of the molecule is CN(CCN1CCCC1)c1cc(Cl)ccc1CNC1CC1. The number of nitrogens with zero attached hydrogens (tertiary/aromatic N) is 2. The number of nitrogens with one attached hydrogen (secondary N) is 1. The third-order valence-electron chi connectivity index (χ3n) is 4.57. The molecule has 21 heavy (non-hydrogen) atoms. The average molecular weight is 308 g/mol. The number of halogens is 1. The number of hydrogen-bond donors (Lipinski definition) is 1. The summed E-state index contributed by atoms with van der Waals surface area (Å²) in [6.45, 7) is 5.69. The Morgan fingerprint density at radius 1 is 1.29 bits per heavy atom. The molecule has 0 unspecified atom stereocenters. The highest BCUT2D eigenvalue weighted by molar-refractivity contribution is 6.30. The third kappa shape index (κ3) is 4.35. The van der Waals surface area contributed by atoms with Crippen molar-refractivity contribution in [2.45, 2.75) is 38.3 Å². The molecule has 1 saturated heterocycles. The zero-order chi connectivity index (χ0) is 14.7. The van der Waals surface area contributed by atoms with Crippen LogP contribution in [0.2, 0.25) is 5.02 Å². The molecule has 1 heterocycles. The molecule has 2 aliphatic rings. The first-order chi connectivity index (χ1) is 10.2. The summed E-state index contributed by atoms with van der Waals surface area (Å²) in [6, 6.07) is 7.02. The number of hydrogen-bond acceptors (Lipinski definition) is 3. The lowest BCUT2D eigenvalue weighted by atomic mass is 10.1. The van der Waals surface area contributed by atoms with Gasteiger partial charge in [0.15, 0.2) is 0 Å². The van der Waals surface area contributed by atoms with Crippen LogP contribution in [0.4, 0.5) is 5.69 Å². The van der Waals surface area contributed by atoms with E-state index in [9.17, 15) is 0 Å². The zero-order valence-electron chi connectivity index (χ0n) is 12.9. The Bertz CT molecular complexity index is 467. The first-order valence-electron chi connectivity index (χ1n) is 8.18. The zero-order valence-corrected chi connectivity index (χ0v) is 13.7. The summed E-state index contributed by atoms with van der Waals surface area (Å²) in [4.78, 5) is 4.91. The quantitative estimate of drug-likeness (QED) is 0.835. The van der Waals surface area contributed by atoms with Gasteiger partial charge in [0.25, 0.3) is 0 Å². The highest BCUT2D eigenvalue weighted by Crippen LogP contribution is 2.26. The van der Waals surface area contributed by atoms with Gasteiger partial charge < -0.3 is 15.1 Å². The van der Waals surface area contributed by atoms with E-state index in [1.165, 1.54) is 50.0 Å². The molecule has 1 aromatic rings. The normalized spacial score (nSPS) is 19.1. The van der Waals surface area contributed by atoms with Crippen molar-refractivity contribution in [1.82, 2.24) is 10.2 Å². The largest absolute Gasteiger partial charge is 0.373 e. The second-order valence-corrected chi connectivity index (χ2v) is 6.83. The van der Waals surface area contributed by atoms with Crippen molar-refractivity contribution in [2.75, 3.05) is 38.1 Å². The van der Waals surface area contributed by atoms with Gasteiger partial charge in [0.1, 0.15) is 0 Å². The van der Waals surface area contributed by atoms with Gasteiger partial charge in [-0.2, -0.15) is 0 Å². The monoisotopic (exact) mass is 307 g/mol. The van der Waals surface area contributed by atoms with Gasteiger partial charge >= 0.3 is 0 Å². The smallest absolute Gasteiger partial charge is 0.0426 e. The highest BCUT2D eigenvalue weighted by atomic mass is 35.5. The maximum absolute atomic E-state index is 6.21. The number of anilines is 1. The topological polar surface area (TPSA) is 18.5 Å². The van der Waals surface area contributed by atoms with Crippen LogP contribution in [0.3, 0.4) is 0 Å². The fourth-order valence-corrected chi connectivity index (χ4v) is 3.17. The van der Waals surface area contributed by atoms with Crippen LogP contribution < -0.4 is 10.2 Å². The van der Waals surface area contributed by atoms with E-state index < -0.39 is 0 Å². The first kappa shape index (κ1) is 15.1. The summed E-state index contributed by atoms with van der Waals surface area (Å²) >= 11 is 6.21. The molecule has 3 nitrogen and oxygen atoms in total. The predicted octanol–water partition coefficient (Wildman–Crippen LogP) is 3.12. The predicted molar refractivity (Wildman–Crippen MR) is 90.3 cm³/mol. The van der Waals surface area contributed by atoms with Gasteiger partial charge in [0, 0.05) is 43.4 Å². The number of rotatable bonds is 7. The van der Waals surface area contributed by atoms with Crippen molar-refractivity contribution in [3.05, 3.63) is 28.8 Å². The molecule has 1 saturated carbocycles. The van der Waals surface area contributed by atoms with Crippen LogP contribution in [0.5, 0.6) is 0 Å². The van der Waals surface area contributed by atoms with Crippen molar-refractivity contribution in [2.24, 2.45) is 0 Å². The molecule has 116 valence electrons. The fourth-order valence-electron chi connectivity index (χ4n) is 3.00. The summed E-state index contributed by atoms with van der Waals surface area (Å²) in [5, 5.41) is 4.43. The molecule has 1 aliphatic heterocycles. The van der Waals surface area contributed by atoms with E-state index in [1.807, 2.05) is 6.07 Å². The number of benzene rings is 1. The van der Waals surface area contributed by atoms with Crippen LogP contribution in [0.15, 0.2) is 18.2 Å². The number of likely N-dealkylation sites (tertiary alicyclic amines) is 1. The van der Waals surface area contributed by atoms with Crippen LogP contribution in [-0.2, 0) is 6.54 Å². The van der Waals surface area contributed by atoms with E-state index in [-0.39, 0.29) is 0 Å². The van der Waals surface area contributed by atoms with E-state index in [0.717, 1.165) is 30.7 Å². The van der Waals surface area contributed by atoms with Crippen molar-refractivity contribution < 1.29 is 0 Å². The van der Waals surface area contributed by atoms with Crippen LogP contribution in [-0.4, -0.2) is 44.2 Å². The Morgan fingerprint density at radius 2 is 2.05 bits per heavy atom. The van der Waals surface area contributed by atoms with Crippen LogP contribution >= 0.6 is 11.6 Å². The van der Waals surface area contributed by atoms with Gasteiger partial charge in [0.05, 0.1) is 0 Å². The first-order valence-corrected chi connectivity index (χ1v) is 8.55. The van der Waals surface area contributed by atoms with E-state index >= 15 is 0 Å². The molecule has 0 amide bonds. The Kier molecular flexibility index (Phi) is 5.04. The van der Waals surface area contributed by atoms with Gasteiger partial charge in [-0.05, 0) is 56.5 Å². The van der Waals surface area contributed by atoms with Crippen molar-refractivity contribution in [3.63, 3.8) is 0 Å². The molecule has 1 aromatic carbocycles. The summed E-state index contributed by atoms with van der Waals surface area (Å²) in [5.74, 6) is 0. The minimum atomic E-state index is 0.739. The van der Waals surface area contributed by atoms with Crippen molar-refractivity contribution in [3.8, 4) is 0 Å². The van der Waals surface area contributed by atoms with E-state index in [0.29, 0.717) is 0 Å².